The first-order valence-corrected chi connectivity index (χ1v) is 8.00. The maximum absolute atomic E-state index is 12.2. The van der Waals surface area contributed by atoms with Gasteiger partial charge in [-0.25, -0.2) is 4.79 Å². The topological polar surface area (TPSA) is 47.6 Å². The van der Waals surface area contributed by atoms with Gasteiger partial charge in [-0.2, -0.15) is 0 Å². The molecule has 126 valence electrons. The molecule has 0 aliphatic rings. The van der Waals surface area contributed by atoms with E-state index in [1.54, 1.807) is 14.0 Å². The lowest BCUT2D eigenvalue weighted by Crippen LogP contribution is -2.29. The molecule has 0 spiro atoms. The third kappa shape index (κ3) is 5.47. The Balaban J connectivity index is 2.04. The number of rotatable bonds is 8. The lowest BCUT2D eigenvalue weighted by Gasteiger charge is -2.15. The number of carbonyl (C=O) groups excluding carboxylic acids is 1. The minimum atomic E-state index is -0.526. The van der Waals surface area contributed by atoms with Gasteiger partial charge in [-0.3, -0.25) is 0 Å². The van der Waals surface area contributed by atoms with Crippen molar-refractivity contribution in [2.45, 2.75) is 19.4 Å². The van der Waals surface area contributed by atoms with Crippen LogP contribution in [-0.2, 0) is 16.0 Å². The maximum Gasteiger partial charge on any atom is 0.332 e. The number of nitrogens with one attached hydrogen (secondary N) is 1. The van der Waals surface area contributed by atoms with E-state index in [4.69, 9.17) is 9.47 Å². The van der Waals surface area contributed by atoms with Gasteiger partial charge >= 0.3 is 5.97 Å². The molecule has 4 heteroatoms. The van der Waals surface area contributed by atoms with E-state index in [-0.39, 0.29) is 5.97 Å². The van der Waals surface area contributed by atoms with Gasteiger partial charge in [0, 0.05) is 5.69 Å². The summed E-state index contributed by atoms with van der Waals surface area (Å²) in [6.45, 7) is 2.15. The van der Waals surface area contributed by atoms with E-state index in [1.165, 1.54) is 5.56 Å². The van der Waals surface area contributed by atoms with Crippen LogP contribution in [0.4, 0.5) is 5.69 Å². The fraction of sp³-hybridized carbons (Fsp3) is 0.250. The molecule has 0 bridgehead atoms. The zero-order chi connectivity index (χ0) is 17.2. The number of hydrogen-bond acceptors (Lipinski definition) is 4. The van der Waals surface area contributed by atoms with Gasteiger partial charge in [-0.15, -0.1) is 0 Å². The third-order valence-electron chi connectivity index (χ3n) is 3.48. The zero-order valence-electron chi connectivity index (χ0n) is 14.1. The molecule has 0 saturated heterocycles. The smallest absolute Gasteiger partial charge is 0.332 e. The Labute approximate surface area is 143 Å². The van der Waals surface area contributed by atoms with E-state index >= 15 is 0 Å². The molecule has 0 amide bonds. The Morgan fingerprint density at radius 2 is 1.83 bits per heavy atom. The monoisotopic (exact) mass is 325 g/mol. The Bertz CT molecular complexity index is 650. The summed E-state index contributed by atoms with van der Waals surface area (Å²) in [5.74, 6) is 0.477. The summed E-state index contributed by atoms with van der Waals surface area (Å²) in [4.78, 5) is 12.2. The van der Waals surface area contributed by atoms with Crippen LogP contribution in [0.1, 0.15) is 12.5 Å². The molecule has 4 nitrogen and oxygen atoms in total. The number of esters is 1. The second kappa shape index (κ2) is 9.40. The van der Waals surface area contributed by atoms with Crippen LogP contribution in [0.5, 0.6) is 5.75 Å². The van der Waals surface area contributed by atoms with Crippen LogP contribution in [0.3, 0.4) is 0 Å². The summed E-state index contributed by atoms with van der Waals surface area (Å²) in [5.41, 5.74) is 2.03. The highest BCUT2D eigenvalue weighted by atomic mass is 16.5. The summed E-state index contributed by atoms with van der Waals surface area (Å²) in [7, 11) is 1.62. The number of methoxy groups -OCH3 is 1. The van der Waals surface area contributed by atoms with Crippen LogP contribution in [0, 0.1) is 0 Å². The molecule has 0 aliphatic carbocycles. The van der Waals surface area contributed by atoms with Crippen LogP contribution in [0.25, 0.3) is 0 Å². The van der Waals surface area contributed by atoms with E-state index in [2.05, 4.69) is 17.4 Å². The van der Waals surface area contributed by atoms with E-state index in [0.29, 0.717) is 6.61 Å². The van der Waals surface area contributed by atoms with Crippen molar-refractivity contribution in [2.24, 2.45) is 0 Å². The molecule has 0 saturated carbocycles. The predicted octanol–water partition coefficient (Wildman–Crippen LogP) is 3.84. The van der Waals surface area contributed by atoms with Crippen molar-refractivity contribution < 1.29 is 14.3 Å². The number of carbonyl (C=O) groups is 1. The quantitative estimate of drug-likeness (QED) is 0.592. The first-order valence-electron chi connectivity index (χ1n) is 8.00. The summed E-state index contributed by atoms with van der Waals surface area (Å²) in [5, 5.41) is 3.18. The lowest BCUT2D eigenvalue weighted by molar-refractivity contribution is -0.142. The molecule has 24 heavy (non-hydrogen) atoms. The van der Waals surface area contributed by atoms with Crippen molar-refractivity contribution in [2.75, 3.05) is 19.0 Å². The average Bonchev–Trinajstić information content (AvgIpc) is 2.62. The summed E-state index contributed by atoms with van der Waals surface area (Å²) >= 11 is 0. The predicted molar refractivity (Wildman–Crippen MR) is 96.3 cm³/mol. The maximum atomic E-state index is 12.2. The van der Waals surface area contributed by atoms with Gasteiger partial charge < -0.3 is 14.8 Å². The third-order valence-corrected chi connectivity index (χ3v) is 3.48. The number of ether oxygens (including phenoxy) is 2. The fourth-order valence-corrected chi connectivity index (χ4v) is 2.24. The second-order valence-corrected chi connectivity index (χ2v) is 5.22. The van der Waals surface area contributed by atoms with Gasteiger partial charge in [0.15, 0.2) is 0 Å². The number of allylic oxidation sites excluding steroid dienone is 1. The summed E-state index contributed by atoms with van der Waals surface area (Å²) in [6.07, 6.45) is 4.59. The average molecular weight is 325 g/mol. The fourth-order valence-electron chi connectivity index (χ4n) is 2.24. The van der Waals surface area contributed by atoms with Crippen LogP contribution < -0.4 is 10.1 Å². The number of benzene rings is 2. The molecule has 1 atom stereocenters. The Morgan fingerprint density at radius 3 is 2.46 bits per heavy atom. The van der Waals surface area contributed by atoms with Crippen LogP contribution >= 0.6 is 0 Å². The van der Waals surface area contributed by atoms with E-state index < -0.39 is 6.04 Å². The van der Waals surface area contributed by atoms with Crippen molar-refractivity contribution in [3.63, 3.8) is 0 Å². The molecule has 1 N–H and O–H groups in total. The number of anilines is 1. The highest BCUT2D eigenvalue weighted by Gasteiger charge is 2.16. The molecular weight excluding hydrogens is 302 g/mol. The molecule has 2 rings (SSSR count). The first-order chi connectivity index (χ1) is 11.7. The Hall–Kier alpha value is -2.75. The van der Waals surface area contributed by atoms with Crippen molar-refractivity contribution in [3.8, 4) is 5.75 Å². The van der Waals surface area contributed by atoms with Crippen molar-refractivity contribution in [1.29, 1.82) is 0 Å². The molecule has 0 aliphatic heterocycles. The van der Waals surface area contributed by atoms with Crippen LogP contribution in [-0.4, -0.2) is 25.7 Å². The van der Waals surface area contributed by atoms with Gasteiger partial charge in [0.2, 0.25) is 0 Å². The molecule has 0 unspecified atom stereocenters. The SMILES string of the molecule is CCOC(=O)[C@@H](/C=C\Cc1ccccc1)Nc1ccc(OC)cc1. The molecule has 0 radical (unpaired) electrons. The summed E-state index contributed by atoms with van der Waals surface area (Å²) in [6, 6.07) is 17.0. The van der Waals surface area contributed by atoms with E-state index in [0.717, 1.165) is 17.9 Å². The van der Waals surface area contributed by atoms with Crippen molar-refractivity contribution in [3.05, 3.63) is 72.3 Å². The van der Waals surface area contributed by atoms with Gasteiger partial charge in [-0.05, 0) is 43.2 Å². The first kappa shape index (κ1) is 17.6. The van der Waals surface area contributed by atoms with Crippen LogP contribution in [0.2, 0.25) is 0 Å². The molecule has 0 heterocycles. The van der Waals surface area contributed by atoms with Gasteiger partial charge in [0.1, 0.15) is 11.8 Å². The second-order valence-electron chi connectivity index (χ2n) is 5.22. The molecule has 0 fully saturated rings. The zero-order valence-corrected chi connectivity index (χ0v) is 14.1. The van der Waals surface area contributed by atoms with Gasteiger partial charge in [0.05, 0.1) is 13.7 Å². The van der Waals surface area contributed by atoms with Crippen molar-refractivity contribution >= 4 is 11.7 Å². The van der Waals surface area contributed by atoms with Gasteiger partial charge in [-0.1, -0.05) is 42.5 Å². The molecule has 2 aromatic rings. The lowest BCUT2D eigenvalue weighted by atomic mass is 10.1. The minimum absolute atomic E-state index is 0.294. The minimum Gasteiger partial charge on any atom is -0.497 e. The molecule has 2 aromatic carbocycles. The van der Waals surface area contributed by atoms with Gasteiger partial charge in [0.25, 0.3) is 0 Å². The normalized spacial score (nSPS) is 11.9. The van der Waals surface area contributed by atoms with E-state index in [9.17, 15) is 4.79 Å². The largest absolute Gasteiger partial charge is 0.497 e. The van der Waals surface area contributed by atoms with Crippen molar-refractivity contribution in [1.82, 2.24) is 0 Å². The molecular formula is C20H23NO3. The Morgan fingerprint density at radius 1 is 1.12 bits per heavy atom. The van der Waals surface area contributed by atoms with E-state index in [1.807, 2.05) is 54.6 Å². The molecule has 0 aromatic heterocycles. The van der Waals surface area contributed by atoms with Crippen LogP contribution in [0.15, 0.2) is 66.7 Å². The highest BCUT2D eigenvalue weighted by Crippen LogP contribution is 2.16. The highest BCUT2D eigenvalue weighted by molar-refractivity contribution is 5.81. The Kier molecular flexibility index (Phi) is 6.90. The summed E-state index contributed by atoms with van der Waals surface area (Å²) < 4.78 is 10.3. The standard InChI is InChI=1S/C20H23NO3/c1-3-24-20(22)19(11-7-10-16-8-5-4-6-9-16)21-17-12-14-18(23-2)15-13-17/h4-9,11-15,19,21H,3,10H2,1-2H3/b11-7-/t19-/m1/s1. The number of hydrogen-bond donors (Lipinski definition) is 1.